The van der Waals surface area contributed by atoms with Gasteiger partial charge in [0.2, 0.25) is 0 Å². The highest BCUT2D eigenvalue weighted by molar-refractivity contribution is 5.24. The predicted molar refractivity (Wildman–Crippen MR) is 94.6 cm³/mol. The fraction of sp³-hybridized carbons (Fsp3) is 0.450. The zero-order valence-corrected chi connectivity index (χ0v) is 14.0. The highest BCUT2D eigenvalue weighted by Crippen LogP contribution is 2.38. The van der Waals surface area contributed by atoms with E-state index in [-0.39, 0.29) is 6.61 Å². The molecule has 1 N–H and O–H groups in total. The molecule has 126 valence electrons. The third kappa shape index (κ3) is 3.09. The van der Waals surface area contributed by atoms with E-state index in [0.717, 1.165) is 38.4 Å². The average molecular weight is 323 g/mol. The Labute approximate surface area is 143 Å². The van der Waals surface area contributed by atoms with Crippen molar-refractivity contribution in [3.8, 4) is 0 Å². The summed E-state index contributed by atoms with van der Waals surface area (Å²) in [7, 11) is 0. The number of benzene rings is 1. The highest BCUT2D eigenvalue weighted by atomic mass is 16.3. The summed E-state index contributed by atoms with van der Waals surface area (Å²) in [6.07, 6.45) is 1.86. The molecule has 4 nitrogen and oxygen atoms in total. The van der Waals surface area contributed by atoms with Gasteiger partial charge in [-0.3, -0.25) is 14.8 Å². The monoisotopic (exact) mass is 323 g/mol. The van der Waals surface area contributed by atoms with Crippen LogP contribution in [0.3, 0.4) is 0 Å². The first-order valence-electron chi connectivity index (χ1n) is 8.87. The maximum absolute atomic E-state index is 10.1. The predicted octanol–water partition coefficient (Wildman–Crippen LogP) is 1.97. The molecule has 4 rings (SSSR count). The average Bonchev–Trinajstić information content (AvgIpc) is 3.01. The van der Waals surface area contributed by atoms with Gasteiger partial charge < -0.3 is 5.11 Å². The summed E-state index contributed by atoms with van der Waals surface area (Å²) in [5.41, 5.74) is 2.49. The zero-order chi connectivity index (χ0) is 16.4. The molecule has 0 radical (unpaired) electrons. The van der Waals surface area contributed by atoms with Crippen molar-refractivity contribution in [1.82, 2.24) is 14.8 Å². The summed E-state index contributed by atoms with van der Waals surface area (Å²) in [4.78, 5) is 9.52. The maximum atomic E-state index is 10.1. The molecular formula is C20H25N3O. The van der Waals surface area contributed by atoms with E-state index in [2.05, 4.69) is 57.2 Å². The summed E-state index contributed by atoms with van der Waals surface area (Å²) < 4.78 is 0. The lowest BCUT2D eigenvalue weighted by atomic mass is 9.85. The van der Waals surface area contributed by atoms with Crippen molar-refractivity contribution in [1.29, 1.82) is 0 Å². The van der Waals surface area contributed by atoms with Crippen molar-refractivity contribution >= 4 is 0 Å². The molecule has 2 aliphatic rings. The van der Waals surface area contributed by atoms with Crippen LogP contribution in [0.2, 0.25) is 0 Å². The van der Waals surface area contributed by atoms with E-state index in [1.165, 1.54) is 5.56 Å². The zero-order valence-electron chi connectivity index (χ0n) is 14.0. The van der Waals surface area contributed by atoms with Crippen LogP contribution in [-0.2, 0) is 6.54 Å². The van der Waals surface area contributed by atoms with Crippen LogP contribution in [0.25, 0.3) is 0 Å². The van der Waals surface area contributed by atoms with Crippen LogP contribution in [0.15, 0.2) is 54.7 Å². The van der Waals surface area contributed by atoms with Gasteiger partial charge in [0, 0.05) is 63.4 Å². The van der Waals surface area contributed by atoms with Crippen LogP contribution in [-0.4, -0.2) is 58.7 Å². The molecule has 2 aliphatic heterocycles. The lowest BCUT2D eigenvalue weighted by molar-refractivity contribution is 0.0668. The number of hydrogen-bond acceptors (Lipinski definition) is 4. The van der Waals surface area contributed by atoms with E-state index in [1.807, 2.05) is 12.3 Å². The molecule has 0 amide bonds. The van der Waals surface area contributed by atoms with Crippen molar-refractivity contribution in [3.63, 3.8) is 0 Å². The number of hydrogen-bond donors (Lipinski definition) is 1. The van der Waals surface area contributed by atoms with Gasteiger partial charge in [0.05, 0.1) is 5.69 Å². The van der Waals surface area contributed by atoms with Gasteiger partial charge in [-0.25, -0.2) is 0 Å². The first-order valence-corrected chi connectivity index (χ1v) is 8.87. The van der Waals surface area contributed by atoms with Crippen molar-refractivity contribution in [2.24, 2.45) is 5.92 Å². The second-order valence-corrected chi connectivity index (χ2v) is 6.98. The molecule has 1 aromatic carbocycles. The summed E-state index contributed by atoms with van der Waals surface area (Å²) in [5, 5.41) is 10.1. The van der Waals surface area contributed by atoms with E-state index in [1.54, 1.807) is 0 Å². The van der Waals surface area contributed by atoms with Crippen molar-refractivity contribution in [2.75, 3.05) is 32.8 Å². The Balaban J connectivity index is 1.48. The molecule has 2 aromatic rings. The smallest absolute Gasteiger partial charge is 0.0543 e. The number of fused-ring (bicyclic) bond motifs is 1. The minimum absolute atomic E-state index is 0.262. The number of aromatic nitrogens is 1. The highest BCUT2D eigenvalue weighted by Gasteiger charge is 2.44. The normalized spacial score (nSPS) is 28.0. The van der Waals surface area contributed by atoms with Gasteiger partial charge in [0.1, 0.15) is 0 Å². The maximum Gasteiger partial charge on any atom is 0.0543 e. The Hall–Kier alpha value is -1.75. The first-order chi connectivity index (χ1) is 11.8. The standard InChI is InChI=1S/C20H25N3O/c24-15-19-18(16-6-2-1-3-7-16)13-23-11-10-22(14-20(19)23)12-17-8-4-5-9-21-17/h1-9,18-20,24H,10-15H2/t18-,19-,20+/m0/s1. The molecule has 4 heteroatoms. The molecule has 24 heavy (non-hydrogen) atoms. The molecular weight excluding hydrogens is 298 g/mol. The SMILES string of the molecule is OC[C@@H]1[C@H]2CN(Cc3ccccn3)CCN2C[C@H]1c1ccccc1. The second-order valence-electron chi connectivity index (χ2n) is 6.98. The molecule has 2 saturated heterocycles. The van der Waals surface area contributed by atoms with Crippen LogP contribution in [0, 0.1) is 5.92 Å². The molecule has 1 aromatic heterocycles. The van der Waals surface area contributed by atoms with Gasteiger partial charge in [-0.1, -0.05) is 36.4 Å². The van der Waals surface area contributed by atoms with E-state index < -0.39 is 0 Å². The Bertz CT molecular complexity index is 648. The van der Waals surface area contributed by atoms with Crippen LogP contribution >= 0.6 is 0 Å². The first kappa shape index (κ1) is 15.8. The summed E-state index contributed by atoms with van der Waals surface area (Å²) >= 11 is 0. The van der Waals surface area contributed by atoms with Gasteiger partial charge >= 0.3 is 0 Å². The Morgan fingerprint density at radius 1 is 1.00 bits per heavy atom. The lowest BCUT2D eigenvalue weighted by Crippen LogP contribution is -2.52. The Morgan fingerprint density at radius 3 is 2.58 bits per heavy atom. The summed E-state index contributed by atoms with van der Waals surface area (Å²) in [5.74, 6) is 0.759. The van der Waals surface area contributed by atoms with Gasteiger partial charge in [-0.2, -0.15) is 0 Å². The number of pyridine rings is 1. The third-order valence-electron chi connectivity index (χ3n) is 5.61. The van der Waals surface area contributed by atoms with Gasteiger partial charge in [-0.05, 0) is 17.7 Å². The molecule has 3 heterocycles. The fourth-order valence-electron chi connectivity index (χ4n) is 4.36. The molecule has 2 fully saturated rings. The molecule has 3 atom stereocenters. The minimum atomic E-state index is 0.262. The van der Waals surface area contributed by atoms with E-state index in [9.17, 15) is 5.11 Å². The van der Waals surface area contributed by atoms with Crippen LogP contribution in [0.4, 0.5) is 0 Å². The molecule has 0 unspecified atom stereocenters. The second kappa shape index (κ2) is 7.01. The topological polar surface area (TPSA) is 39.6 Å². The van der Waals surface area contributed by atoms with Crippen LogP contribution < -0.4 is 0 Å². The van der Waals surface area contributed by atoms with Crippen molar-refractivity contribution in [3.05, 3.63) is 66.0 Å². The Morgan fingerprint density at radius 2 is 1.83 bits per heavy atom. The number of aliphatic hydroxyl groups is 1. The van der Waals surface area contributed by atoms with Gasteiger partial charge in [0.25, 0.3) is 0 Å². The van der Waals surface area contributed by atoms with Gasteiger partial charge in [0.15, 0.2) is 0 Å². The molecule has 0 spiro atoms. The minimum Gasteiger partial charge on any atom is -0.396 e. The summed E-state index contributed by atoms with van der Waals surface area (Å²) in [6.45, 7) is 5.41. The number of rotatable bonds is 4. The summed E-state index contributed by atoms with van der Waals surface area (Å²) in [6, 6.07) is 17.2. The Kier molecular flexibility index (Phi) is 4.60. The lowest BCUT2D eigenvalue weighted by Gasteiger charge is -2.39. The van der Waals surface area contributed by atoms with Crippen molar-refractivity contribution < 1.29 is 5.11 Å². The molecule has 0 saturated carbocycles. The third-order valence-corrected chi connectivity index (χ3v) is 5.61. The van der Waals surface area contributed by atoms with Crippen LogP contribution in [0.1, 0.15) is 17.2 Å². The van der Waals surface area contributed by atoms with E-state index in [0.29, 0.717) is 17.9 Å². The van der Waals surface area contributed by atoms with E-state index in [4.69, 9.17) is 0 Å². The quantitative estimate of drug-likeness (QED) is 0.934. The van der Waals surface area contributed by atoms with Crippen LogP contribution in [0.5, 0.6) is 0 Å². The van der Waals surface area contributed by atoms with Crippen molar-refractivity contribution in [2.45, 2.75) is 18.5 Å². The molecule has 0 bridgehead atoms. The number of piperazine rings is 1. The van der Waals surface area contributed by atoms with Gasteiger partial charge in [-0.15, -0.1) is 0 Å². The molecule has 0 aliphatic carbocycles. The number of nitrogens with zero attached hydrogens (tertiary/aromatic N) is 3. The number of aliphatic hydroxyl groups excluding tert-OH is 1. The largest absolute Gasteiger partial charge is 0.396 e. The fourth-order valence-corrected chi connectivity index (χ4v) is 4.36. The van der Waals surface area contributed by atoms with E-state index >= 15 is 0 Å².